The molecule has 0 nitrogen and oxygen atoms in total. The van der Waals surface area contributed by atoms with Gasteiger partial charge < -0.3 is 0 Å². The first-order valence-electron chi connectivity index (χ1n) is 6.48. The van der Waals surface area contributed by atoms with E-state index in [2.05, 4.69) is 64.1 Å². The van der Waals surface area contributed by atoms with Gasteiger partial charge >= 0.3 is 18.9 Å². The van der Waals surface area contributed by atoms with Crippen molar-refractivity contribution in [1.82, 2.24) is 0 Å². The normalized spacial score (nSPS) is 10.7. The fourth-order valence-electron chi connectivity index (χ4n) is 2.83. The molecular weight excluding hydrogens is 223 g/mol. The van der Waals surface area contributed by atoms with Gasteiger partial charge in [0.1, 0.15) is 0 Å². The molecule has 19 heavy (non-hydrogen) atoms. The molecule has 3 aromatic carbocycles. The molecule has 0 fully saturated rings. The van der Waals surface area contributed by atoms with E-state index < -0.39 is 0 Å². The van der Waals surface area contributed by atoms with Crippen molar-refractivity contribution in [1.29, 1.82) is 0 Å². The molecule has 0 aliphatic carbocycles. The molecule has 92 valence electrons. The average molecular weight is 242 g/mol. The second-order valence-electron chi connectivity index (χ2n) is 5.24. The summed E-state index contributed by atoms with van der Waals surface area (Å²) in [5, 5.41) is 5.45. The average Bonchev–Trinajstić information content (AvgIpc) is 2.41. The Hall–Kier alpha value is -1.22. The van der Waals surface area contributed by atoms with E-state index in [-0.39, 0.29) is 18.9 Å². The molecule has 0 aromatic heterocycles. The molecule has 0 aliphatic rings. The Kier molecular flexibility index (Phi) is 3.77. The van der Waals surface area contributed by atoms with Crippen molar-refractivity contribution in [2.24, 2.45) is 0 Å². The van der Waals surface area contributed by atoms with Gasteiger partial charge in [0.15, 0.2) is 0 Å². The van der Waals surface area contributed by atoms with Crippen LogP contribution in [0.2, 0.25) is 0 Å². The molecule has 0 N–H and O–H groups in total. The molecule has 3 aromatic rings. The van der Waals surface area contributed by atoms with Crippen molar-refractivity contribution in [3.63, 3.8) is 0 Å². The summed E-state index contributed by atoms with van der Waals surface area (Å²) in [4.78, 5) is 0. The first kappa shape index (κ1) is 14.2. The van der Waals surface area contributed by atoms with Crippen molar-refractivity contribution in [3.8, 4) is 0 Å². The Morgan fingerprint density at radius 1 is 0.579 bits per heavy atom. The number of aryl methyl sites for hydroxylation is 2. The van der Waals surface area contributed by atoms with Gasteiger partial charge in [-0.3, -0.25) is 0 Å². The van der Waals surface area contributed by atoms with Gasteiger partial charge in [-0.1, -0.05) is 24.3 Å². The molecule has 0 heterocycles. The topological polar surface area (TPSA) is 0 Å². The molecule has 0 saturated heterocycles. The van der Waals surface area contributed by atoms with Crippen molar-refractivity contribution in [3.05, 3.63) is 58.7 Å². The predicted molar refractivity (Wildman–Crippen MR) is 87.6 cm³/mol. The maximum absolute atomic E-state index is 2.33. The number of rotatable bonds is 0. The van der Waals surface area contributed by atoms with Crippen LogP contribution in [0.25, 0.3) is 21.5 Å². The number of hydrogen-bond acceptors (Lipinski definition) is 0. The van der Waals surface area contributed by atoms with E-state index in [0.717, 1.165) is 0 Å². The van der Waals surface area contributed by atoms with Gasteiger partial charge in [-0.15, -0.1) is 0 Å². The van der Waals surface area contributed by atoms with Gasteiger partial charge in [-0.2, -0.15) is 0 Å². The molecule has 0 aliphatic heterocycles. The van der Waals surface area contributed by atoms with E-state index in [4.69, 9.17) is 0 Å². The quantitative estimate of drug-likeness (QED) is 0.400. The van der Waals surface area contributed by atoms with Crippen molar-refractivity contribution < 1.29 is 0 Å². The molecule has 0 atom stereocenters. The molecule has 0 saturated carbocycles. The molecule has 1 heteroatoms. The van der Waals surface area contributed by atoms with Crippen molar-refractivity contribution >= 4 is 40.4 Å². The molecule has 0 bridgehead atoms. The third-order valence-electron chi connectivity index (χ3n) is 4.38. The van der Waals surface area contributed by atoms with Gasteiger partial charge in [0.05, 0.1) is 0 Å². The SMILES string of the molecule is Cc1c(C)c(C)c2cc3ccccc3cc2c1C.[LiH]. The number of benzene rings is 3. The summed E-state index contributed by atoms with van der Waals surface area (Å²) < 4.78 is 0. The van der Waals surface area contributed by atoms with Crippen LogP contribution in [-0.2, 0) is 0 Å². The molecule has 0 amide bonds. The summed E-state index contributed by atoms with van der Waals surface area (Å²) in [6, 6.07) is 13.3. The van der Waals surface area contributed by atoms with Crippen molar-refractivity contribution in [2.75, 3.05) is 0 Å². The van der Waals surface area contributed by atoms with Crippen LogP contribution < -0.4 is 0 Å². The zero-order valence-electron chi connectivity index (χ0n) is 11.5. The third-order valence-corrected chi connectivity index (χ3v) is 4.38. The van der Waals surface area contributed by atoms with Gasteiger partial charge in [-0.25, -0.2) is 0 Å². The van der Waals surface area contributed by atoms with Crippen molar-refractivity contribution in [2.45, 2.75) is 27.7 Å². The van der Waals surface area contributed by atoms with E-state index in [1.807, 2.05) is 0 Å². The minimum atomic E-state index is 0. The van der Waals surface area contributed by atoms with E-state index in [1.165, 1.54) is 43.8 Å². The summed E-state index contributed by atoms with van der Waals surface area (Å²) in [5.41, 5.74) is 5.68. The second-order valence-corrected chi connectivity index (χ2v) is 5.24. The third kappa shape index (κ3) is 2.10. The van der Waals surface area contributed by atoms with Crippen LogP contribution in [0.15, 0.2) is 36.4 Å². The summed E-state index contributed by atoms with van der Waals surface area (Å²) in [7, 11) is 0. The summed E-state index contributed by atoms with van der Waals surface area (Å²) in [5.74, 6) is 0. The summed E-state index contributed by atoms with van der Waals surface area (Å²) in [6.07, 6.45) is 0. The Bertz CT molecular complexity index is 704. The number of hydrogen-bond donors (Lipinski definition) is 0. The van der Waals surface area contributed by atoms with E-state index in [0.29, 0.717) is 0 Å². The van der Waals surface area contributed by atoms with Crippen LogP contribution in [-0.4, -0.2) is 18.9 Å². The Morgan fingerprint density at radius 2 is 0.947 bits per heavy atom. The predicted octanol–water partition coefficient (Wildman–Crippen LogP) is 4.58. The standard InChI is InChI=1S/C18H18.Li.H/c1-11-12(2)14(4)18-10-16-8-6-5-7-15(16)9-17(18)13(11)3;;/h5-10H,1-4H3;;. The van der Waals surface area contributed by atoms with E-state index in [1.54, 1.807) is 0 Å². The van der Waals surface area contributed by atoms with Crippen LogP contribution in [0.1, 0.15) is 22.3 Å². The number of fused-ring (bicyclic) bond motifs is 2. The first-order chi connectivity index (χ1) is 8.59. The maximum atomic E-state index is 2.33. The zero-order valence-corrected chi connectivity index (χ0v) is 11.5. The first-order valence-corrected chi connectivity index (χ1v) is 6.48. The Labute approximate surface area is 127 Å². The van der Waals surface area contributed by atoms with Crippen LogP contribution in [0, 0.1) is 27.7 Å². The van der Waals surface area contributed by atoms with Gasteiger partial charge in [0, 0.05) is 0 Å². The summed E-state index contributed by atoms with van der Waals surface area (Å²) in [6.45, 7) is 8.93. The summed E-state index contributed by atoms with van der Waals surface area (Å²) >= 11 is 0. The van der Waals surface area contributed by atoms with E-state index >= 15 is 0 Å². The monoisotopic (exact) mass is 242 g/mol. The molecule has 0 unspecified atom stereocenters. The van der Waals surface area contributed by atoms with Gasteiger partial charge in [-0.05, 0) is 83.6 Å². The molecular formula is C18H19Li. The Morgan fingerprint density at radius 3 is 1.32 bits per heavy atom. The molecule has 0 radical (unpaired) electrons. The fraction of sp³-hybridized carbons (Fsp3) is 0.222. The van der Waals surface area contributed by atoms with Crippen LogP contribution in [0.3, 0.4) is 0 Å². The fourth-order valence-corrected chi connectivity index (χ4v) is 2.83. The minimum absolute atomic E-state index is 0. The van der Waals surface area contributed by atoms with Crippen LogP contribution in [0.5, 0.6) is 0 Å². The van der Waals surface area contributed by atoms with Crippen LogP contribution in [0.4, 0.5) is 0 Å². The molecule has 3 rings (SSSR count). The van der Waals surface area contributed by atoms with Gasteiger partial charge in [0.25, 0.3) is 0 Å². The second kappa shape index (κ2) is 5.04. The van der Waals surface area contributed by atoms with Crippen LogP contribution >= 0.6 is 0 Å². The molecule has 0 spiro atoms. The zero-order chi connectivity index (χ0) is 12.9. The van der Waals surface area contributed by atoms with Gasteiger partial charge in [0.2, 0.25) is 0 Å². The van der Waals surface area contributed by atoms with E-state index in [9.17, 15) is 0 Å². The Balaban J connectivity index is 0.00000133.